The van der Waals surface area contributed by atoms with Crippen LogP contribution in [0.1, 0.15) is 11.1 Å². The van der Waals surface area contributed by atoms with E-state index in [0.29, 0.717) is 27.6 Å². The van der Waals surface area contributed by atoms with Gasteiger partial charge in [0.15, 0.2) is 5.60 Å². The molecule has 0 fully saturated rings. The van der Waals surface area contributed by atoms with Crippen LogP contribution in [0.3, 0.4) is 0 Å². The van der Waals surface area contributed by atoms with Crippen molar-refractivity contribution in [3.63, 3.8) is 0 Å². The lowest BCUT2D eigenvalue weighted by Gasteiger charge is -2.26. The number of aryl methyl sites for hydroxylation is 1. The molecule has 2 aromatic carbocycles. The normalized spacial score (nSPS) is 19.4. The maximum absolute atomic E-state index is 11.6. The number of amidine groups is 1. The van der Waals surface area contributed by atoms with Crippen molar-refractivity contribution in [3.8, 4) is 5.75 Å². The predicted molar refractivity (Wildman–Crippen MR) is 93.0 cm³/mol. The molecule has 0 spiro atoms. The van der Waals surface area contributed by atoms with Crippen molar-refractivity contribution in [2.24, 2.45) is 17.8 Å². The zero-order valence-corrected chi connectivity index (χ0v) is 13.9. The topological polar surface area (TPSA) is 85.7 Å². The minimum absolute atomic E-state index is 0.0931. The fourth-order valence-corrected chi connectivity index (χ4v) is 3.39. The van der Waals surface area contributed by atoms with E-state index in [0.717, 1.165) is 10.9 Å². The maximum Gasteiger partial charge on any atom is 0.176 e. The third-order valence-electron chi connectivity index (χ3n) is 4.39. The number of nitrogens with two attached hydrogens (primary N) is 1. The van der Waals surface area contributed by atoms with E-state index in [1.807, 2.05) is 13.1 Å². The molecule has 122 valence electrons. The summed E-state index contributed by atoms with van der Waals surface area (Å²) in [5, 5.41) is 17.2. The van der Waals surface area contributed by atoms with Crippen molar-refractivity contribution in [3.05, 3.63) is 52.7 Å². The molecule has 0 radical (unpaired) electrons. The second-order valence-corrected chi connectivity index (χ2v) is 6.19. The van der Waals surface area contributed by atoms with Gasteiger partial charge in [0.1, 0.15) is 11.6 Å². The lowest BCUT2D eigenvalue weighted by Crippen LogP contribution is -2.40. The molecule has 7 heteroatoms. The van der Waals surface area contributed by atoms with Crippen molar-refractivity contribution in [2.75, 3.05) is 7.11 Å². The number of methoxy groups -OCH3 is 1. The number of aromatic nitrogens is 2. The van der Waals surface area contributed by atoms with Crippen LogP contribution in [0.2, 0.25) is 5.02 Å². The minimum atomic E-state index is -1.60. The first kappa shape index (κ1) is 15.0. The van der Waals surface area contributed by atoms with Crippen LogP contribution < -0.4 is 10.5 Å². The van der Waals surface area contributed by atoms with Gasteiger partial charge < -0.3 is 15.6 Å². The summed E-state index contributed by atoms with van der Waals surface area (Å²) in [4.78, 5) is 4.31. The van der Waals surface area contributed by atoms with Crippen LogP contribution in [-0.2, 0) is 12.6 Å². The van der Waals surface area contributed by atoms with E-state index in [2.05, 4.69) is 10.1 Å². The van der Waals surface area contributed by atoms with E-state index in [1.54, 1.807) is 42.3 Å². The van der Waals surface area contributed by atoms with Crippen LogP contribution in [0.15, 0.2) is 41.5 Å². The fraction of sp³-hybridized carbons (Fsp3) is 0.176. The molecule has 0 amide bonds. The molecule has 6 nitrogen and oxygen atoms in total. The summed E-state index contributed by atoms with van der Waals surface area (Å²) in [5.74, 6) is 0.692. The molecular weight excluding hydrogens is 328 g/mol. The SMILES string of the molecule is COc1cc(C2(O)C(N)=Nc3ccc(Cl)cc32)c2c(cnn2C)c1. The Morgan fingerprint density at radius 3 is 2.79 bits per heavy atom. The molecule has 1 atom stereocenters. The summed E-state index contributed by atoms with van der Waals surface area (Å²) in [5.41, 5.74) is 6.99. The summed E-state index contributed by atoms with van der Waals surface area (Å²) in [6, 6.07) is 8.75. The molecule has 1 aliphatic rings. The number of nitrogens with zero attached hydrogens (tertiary/aromatic N) is 3. The molecule has 3 aromatic rings. The van der Waals surface area contributed by atoms with Crippen LogP contribution in [0.5, 0.6) is 5.75 Å². The highest BCUT2D eigenvalue weighted by Crippen LogP contribution is 2.45. The Balaban J connectivity index is 2.10. The summed E-state index contributed by atoms with van der Waals surface area (Å²) < 4.78 is 7.06. The number of benzene rings is 2. The second-order valence-electron chi connectivity index (χ2n) is 5.75. The highest BCUT2D eigenvalue weighted by Gasteiger charge is 2.44. The van der Waals surface area contributed by atoms with Crippen LogP contribution in [0.25, 0.3) is 10.9 Å². The Morgan fingerprint density at radius 1 is 1.25 bits per heavy atom. The second kappa shape index (κ2) is 4.96. The third kappa shape index (κ3) is 1.87. The summed E-state index contributed by atoms with van der Waals surface area (Å²) in [7, 11) is 3.38. The van der Waals surface area contributed by atoms with Gasteiger partial charge in [0.25, 0.3) is 0 Å². The quantitative estimate of drug-likeness (QED) is 0.749. The zero-order chi connectivity index (χ0) is 17.1. The number of aliphatic hydroxyl groups is 1. The molecular formula is C17H15ClN4O2. The van der Waals surface area contributed by atoms with E-state index < -0.39 is 5.60 Å². The van der Waals surface area contributed by atoms with Crippen LogP contribution in [0, 0.1) is 0 Å². The fourth-order valence-electron chi connectivity index (χ4n) is 3.22. The lowest BCUT2D eigenvalue weighted by atomic mass is 9.85. The predicted octanol–water partition coefficient (Wildman–Crippen LogP) is 2.47. The highest BCUT2D eigenvalue weighted by atomic mass is 35.5. The highest BCUT2D eigenvalue weighted by molar-refractivity contribution is 6.30. The Bertz CT molecular complexity index is 1010. The standard InChI is InChI=1S/C17H15ClN4O2/c1-22-15-9(8-20-22)5-11(24-2)7-13(15)17(23)12-6-10(18)3-4-14(12)21-16(17)19/h3-8,23H,1-2H3,(H2,19,21). The van der Waals surface area contributed by atoms with Crippen LogP contribution in [-0.4, -0.2) is 27.8 Å². The average molecular weight is 343 g/mol. The molecule has 1 aliphatic heterocycles. The molecule has 0 saturated carbocycles. The summed E-state index contributed by atoms with van der Waals surface area (Å²) >= 11 is 6.13. The van der Waals surface area contributed by atoms with Gasteiger partial charge in [-0.3, -0.25) is 4.68 Å². The van der Waals surface area contributed by atoms with Gasteiger partial charge in [0.2, 0.25) is 0 Å². The first-order valence-corrected chi connectivity index (χ1v) is 7.70. The Kier molecular flexibility index (Phi) is 3.10. The Labute approximate surface area is 143 Å². The largest absolute Gasteiger partial charge is 0.497 e. The van der Waals surface area contributed by atoms with E-state index in [4.69, 9.17) is 22.1 Å². The van der Waals surface area contributed by atoms with Gasteiger partial charge in [0, 0.05) is 28.6 Å². The molecule has 0 saturated heterocycles. The molecule has 0 bridgehead atoms. The van der Waals surface area contributed by atoms with Gasteiger partial charge >= 0.3 is 0 Å². The van der Waals surface area contributed by atoms with Gasteiger partial charge in [-0.1, -0.05) is 11.6 Å². The van der Waals surface area contributed by atoms with Crippen molar-refractivity contribution < 1.29 is 9.84 Å². The van der Waals surface area contributed by atoms with Crippen LogP contribution in [0.4, 0.5) is 5.69 Å². The Hall–Kier alpha value is -2.57. The maximum atomic E-state index is 11.6. The molecule has 1 unspecified atom stereocenters. The molecule has 0 aliphatic carbocycles. The first-order valence-electron chi connectivity index (χ1n) is 7.32. The first-order chi connectivity index (χ1) is 11.4. The summed E-state index contributed by atoms with van der Waals surface area (Å²) in [6.07, 6.45) is 1.71. The van der Waals surface area contributed by atoms with Crippen LogP contribution >= 0.6 is 11.6 Å². The monoisotopic (exact) mass is 342 g/mol. The molecule has 3 N–H and O–H groups in total. The molecule has 24 heavy (non-hydrogen) atoms. The number of halogens is 1. The minimum Gasteiger partial charge on any atom is -0.497 e. The van der Waals surface area contributed by atoms with Crippen molar-refractivity contribution >= 4 is 34.0 Å². The van der Waals surface area contributed by atoms with Crippen molar-refractivity contribution in [1.82, 2.24) is 9.78 Å². The van der Waals surface area contributed by atoms with Gasteiger partial charge in [-0.25, -0.2) is 4.99 Å². The van der Waals surface area contributed by atoms with Gasteiger partial charge in [-0.2, -0.15) is 5.10 Å². The molecule has 2 heterocycles. The number of fused-ring (bicyclic) bond motifs is 2. The number of ether oxygens (including phenoxy) is 1. The molecule has 4 rings (SSSR count). The van der Waals surface area contributed by atoms with E-state index in [-0.39, 0.29) is 5.84 Å². The number of rotatable bonds is 2. The van der Waals surface area contributed by atoms with Gasteiger partial charge in [-0.05, 0) is 30.3 Å². The average Bonchev–Trinajstić information content (AvgIpc) is 3.06. The number of hydrogen-bond donors (Lipinski definition) is 2. The van der Waals surface area contributed by atoms with E-state index >= 15 is 0 Å². The van der Waals surface area contributed by atoms with Crippen molar-refractivity contribution in [2.45, 2.75) is 5.60 Å². The van der Waals surface area contributed by atoms with Crippen molar-refractivity contribution in [1.29, 1.82) is 0 Å². The van der Waals surface area contributed by atoms with E-state index in [9.17, 15) is 5.11 Å². The Morgan fingerprint density at radius 2 is 2.04 bits per heavy atom. The lowest BCUT2D eigenvalue weighted by molar-refractivity contribution is 0.159. The van der Waals surface area contributed by atoms with Gasteiger partial charge in [-0.15, -0.1) is 0 Å². The summed E-state index contributed by atoms with van der Waals surface area (Å²) in [6.45, 7) is 0. The van der Waals surface area contributed by atoms with E-state index in [1.165, 1.54) is 0 Å². The number of aliphatic imine (C=N–C) groups is 1. The zero-order valence-electron chi connectivity index (χ0n) is 13.1. The molecule has 1 aromatic heterocycles. The number of hydrogen-bond acceptors (Lipinski definition) is 5. The smallest absolute Gasteiger partial charge is 0.176 e. The third-order valence-corrected chi connectivity index (χ3v) is 4.63. The van der Waals surface area contributed by atoms with Gasteiger partial charge in [0.05, 0.1) is 24.5 Å².